The summed E-state index contributed by atoms with van der Waals surface area (Å²) in [5, 5.41) is 0. The summed E-state index contributed by atoms with van der Waals surface area (Å²) in [6.45, 7) is 9.81. The van der Waals surface area contributed by atoms with Crippen LogP contribution in [0.4, 0.5) is 8.78 Å². The van der Waals surface area contributed by atoms with E-state index in [-0.39, 0.29) is 17.7 Å². The van der Waals surface area contributed by atoms with Crippen LogP contribution in [0.15, 0.2) is 48.5 Å². The van der Waals surface area contributed by atoms with Crippen molar-refractivity contribution in [3.05, 3.63) is 78.2 Å². The molecule has 2 nitrogen and oxygen atoms in total. The van der Waals surface area contributed by atoms with E-state index in [1.165, 1.54) is 24.3 Å². The van der Waals surface area contributed by atoms with E-state index >= 15 is 0 Å². The quantitative estimate of drug-likeness (QED) is 0.853. The van der Waals surface area contributed by atoms with Crippen molar-refractivity contribution >= 4 is 0 Å². The first-order valence-corrected chi connectivity index (χ1v) is 7.85. The van der Waals surface area contributed by atoms with E-state index in [0.717, 1.165) is 37.3 Å². The first kappa shape index (κ1) is 16.1. The highest BCUT2D eigenvalue weighted by atomic mass is 19.1. The van der Waals surface area contributed by atoms with E-state index in [1.54, 1.807) is 24.3 Å². The Labute approximate surface area is 136 Å². The average Bonchev–Trinajstić information content (AvgIpc) is 2.59. The van der Waals surface area contributed by atoms with Crippen LogP contribution < -0.4 is 0 Å². The van der Waals surface area contributed by atoms with Gasteiger partial charge in [-0.3, -0.25) is 4.90 Å². The summed E-state index contributed by atoms with van der Waals surface area (Å²) >= 11 is 0. The molecule has 0 saturated carbocycles. The zero-order valence-corrected chi connectivity index (χ0v) is 13.0. The fraction of sp³-hybridized carbons (Fsp3) is 0.316. The Kier molecular flexibility index (Phi) is 5.03. The second-order valence-electron chi connectivity index (χ2n) is 5.84. The van der Waals surface area contributed by atoms with Crippen LogP contribution in [0, 0.1) is 18.6 Å². The molecule has 2 radical (unpaired) electrons. The van der Waals surface area contributed by atoms with Crippen LogP contribution >= 0.6 is 0 Å². The maximum atomic E-state index is 13.3. The van der Waals surface area contributed by atoms with Gasteiger partial charge in [-0.25, -0.2) is 8.78 Å². The number of hydrogen-bond acceptors (Lipinski definition) is 2. The lowest BCUT2D eigenvalue weighted by Crippen LogP contribution is -2.47. The predicted octanol–water partition coefficient (Wildman–Crippen LogP) is 3.38. The van der Waals surface area contributed by atoms with Gasteiger partial charge in [0.15, 0.2) is 0 Å². The van der Waals surface area contributed by atoms with Crippen molar-refractivity contribution in [2.45, 2.75) is 6.04 Å². The largest absolute Gasteiger partial charge is 0.300 e. The van der Waals surface area contributed by atoms with Crippen LogP contribution in [0.25, 0.3) is 0 Å². The third kappa shape index (κ3) is 3.77. The standard InChI is InChI=1S/C19H20F2N2/c1-2-22-11-13-23(14-12-22)19(15-3-7-17(20)8-4-15)16-5-9-18(21)10-6-16/h1,3-10,19H,2,11-14H2. The van der Waals surface area contributed by atoms with Crippen LogP contribution in [0.5, 0.6) is 0 Å². The minimum absolute atomic E-state index is 0.00359. The number of halogens is 2. The van der Waals surface area contributed by atoms with Crippen molar-refractivity contribution in [1.29, 1.82) is 0 Å². The van der Waals surface area contributed by atoms with Crippen LogP contribution in [0.2, 0.25) is 0 Å². The molecule has 2 aromatic rings. The summed E-state index contributed by atoms with van der Waals surface area (Å²) < 4.78 is 26.5. The normalized spacial score (nSPS) is 16.9. The Morgan fingerprint density at radius 2 is 1.22 bits per heavy atom. The van der Waals surface area contributed by atoms with E-state index in [0.29, 0.717) is 6.54 Å². The zero-order valence-electron chi connectivity index (χ0n) is 13.0. The van der Waals surface area contributed by atoms with Crippen LogP contribution in [0.3, 0.4) is 0 Å². The summed E-state index contributed by atoms with van der Waals surface area (Å²) in [5.41, 5.74) is 2.03. The minimum atomic E-state index is -0.250. The zero-order chi connectivity index (χ0) is 16.2. The molecular formula is C19H20F2N2. The number of nitrogens with zero attached hydrogens (tertiary/aromatic N) is 2. The van der Waals surface area contributed by atoms with Crippen molar-refractivity contribution in [2.75, 3.05) is 32.7 Å². The molecule has 0 N–H and O–H groups in total. The third-order valence-electron chi connectivity index (χ3n) is 4.40. The molecule has 0 bridgehead atoms. The summed E-state index contributed by atoms with van der Waals surface area (Å²) in [7, 11) is 0. The molecule has 23 heavy (non-hydrogen) atoms. The molecule has 0 atom stereocenters. The van der Waals surface area contributed by atoms with Gasteiger partial charge in [0.25, 0.3) is 0 Å². The van der Waals surface area contributed by atoms with Gasteiger partial charge in [0.1, 0.15) is 11.6 Å². The summed E-state index contributed by atoms with van der Waals surface area (Å²) in [5.74, 6) is -0.501. The highest BCUT2D eigenvalue weighted by Crippen LogP contribution is 2.30. The Morgan fingerprint density at radius 3 is 1.61 bits per heavy atom. The number of rotatable bonds is 4. The highest BCUT2D eigenvalue weighted by Gasteiger charge is 2.26. The summed E-state index contributed by atoms with van der Waals surface area (Å²) in [4.78, 5) is 4.54. The number of piperazine rings is 1. The Bertz CT molecular complexity index is 571. The van der Waals surface area contributed by atoms with Crippen molar-refractivity contribution in [2.24, 2.45) is 0 Å². The molecule has 1 saturated heterocycles. The van der Waals surface area contributed by atoms with Gasteiger partial charge in [0.05, 0.1) is 6.04 Å². The van der Waals surface area contributed by atoms with Gasteiger partial charge in [0, 0.05) is 32.7 Å². The Balaban J connectivity index is 1.90. The number of hydrogen-bond donors (Lipinski definition) is 0. The molecule has 0 unspecified atom stereocenters. The molecule has 2 aromatic carbocycles. The molecule has 0 amide bonds. The molecule has 1 fully saturated rings. The lowest BCUT2D eigenvalue weighted by atomic mass is 9.96. The smallest absolute Gasteiger partial charge is 0.123 e. The van der Waals surface area contributed by atoms with Gasteiger partial charge in [0.2, 0.25) is 0 Å². The second-order valence-corrected chi connectivity index (χ2v) is 5.84. The Hall–Kier alpha value is -1.78. The fourth-order valence-electron chi connectivity index (χ4n) is 3.11. The molecule has 4 heteroatoms. The summed E-state index contributed by atoms with van der Waals surface area (Å²) in [6.07, 6.45) is 0. The third-order valence-corrected chi connectivity index (χ3v) is 4.40. The SMILES string of the molecule is [CH]CN1CCN(C(c2ccc(F)cc2)c2ccc(F)cc2)CC1. The highest BCUT2D eigenvalue weighted by molar-refractivity contribution is 5.32. The van der Waals surface area contributed by atoms with Gasteiger partial charge in [-0.1, -0.05) is 24.3 Å². The molecule has 120 valence electrons. The minimum Gasteiger partial charge on any atom is -0.300 e. The predicted molar refractivity (Wildman–Crippen MR) is 87.0 cm³/mol. The lowest BCUT2D eigenvalue weighted by molar-refractivity contribution is 0.117. The van der Waals surface area contributed by atoms with E-state index in [4.69, 9.17) is 6.92 Å². The van der Waals surface area contributed by atoms with Gasteiger partial charge in [-0.15, -0.1) is 0 Å². The van der Waals surface area contributed by atoms with Crippen LogP contribution in [-0.4, -0.2) is 42.5 Å². The molecule has 0 spiro atoms. The van der Waals surface area contributed by atoms with E-state index < -0.39 is 0 Å². The Morgan fingerprint density at radius 1 is 0.783 bits per heavy atom. The molecular weight excluding hydrogens is 294 g/mol. The van der Waals surface area contributed by atoms with Crippen LogP contribution in [0.1, 0.15) is 17.2 Å². The van der Waals surface area contributed by atoms with Crippen molar-refractivity contribution in [1.82, 2.24) is 9.80 Å². The monoisotopic (exact) mass is 314 g/mol. The van der Waals surface area contributed by atoms with E-state index in [9.17, 15) is 8.78 Å². The molecule has 1 heterocycles. The van der Waals surface area contributed by atoms with Crippen molar-refractivity contribution in [3.8, 4) is 0 Å². The molecule has 1 aliphatic rings. The molecule has 0 aliphatic carbocycles. The van der Waals surface area contributed by atoms with Crippen LogP contribution in [-0.2, 0) is 0 Å². The van der Waals surface area contributed by atoms with E-state index in [2.05, 4.69) is 9.80 Å². The first-order valence-electron chi connectivity index (χ1n) is 7.85. The molecule has 0 aromatic heterocycles. The molecule has 1 aliphatic heterocycles. The maximum Gasteiger partial charge on any atom is 0.123 e. The fourth-order valence-corrected chi connectivity index (χ4v) is 3.11. The summed E-state index contributed by atoms with van der Waals surface area (Å²) in [6, 6.07) is 13.1. The number of benzene rings is 2. The van der Waals surface area contributed by atoms with Gasteiger partial charge < -0.3 is 4.90 Å². The van der Waals surface area contributed by atoms with Crippen molar-refractivity contribution < 1.29 is 8.78 Å². The van der Waals surface area contributed by atoms with E-state index in [1.807, 2.05) is 0 Å². The average molecular weight is 314 g/mol. The molecule has 3 rings (SSSR count). The van der Waals surface area contributed by atoms with Gasteiger partial charge >= 0.3 is 0 Å². The van der Waals surface area contributed by atoms with Gasteiger partial charge in [-0.05, 0) is 42.3 Å². The lowest BCUT2D eigenvalue weighted by Gasteiger charge is -2.39. The second kappa shape index (κ2) is 7.20. The first-order chi connectivity index (χ1) is 11.2. The van der Waals surface area contributed by atoms with Gasteiger partial charge in [-0.2, -0.15) is 0 Å². The maximum absolute atomic E-state index is 13.3. The van der Waals surface area contributed by atoms with Crippen molar-refractivity contribution in [3.63, 3.8) is 0 Å². The topological polar surface area (TPSA) is 6.48 Å².